The topological polar surface area (TPSA) is 119 Å². The maximum Gasteiger partial charge on any atom is 0.326 e. The molecule has 0 saturated heterocycles. The van der Waals surface area contributed by atoms with Gasteiger partial charge in [0.15, 0.2) is 0 Å². The molecule has 7 nitrogen and oxygen atoms in total. The Hall–Kier alpha value is -2.15. The third-order valence-electron chi connectivity index (χ3n) is 8.50. The molecule has 1 amide bonds. The summed E-state index contributed by atoms with van der Waals surface area (Å²) in [6, 6.07) is -0.871. The maximum atomic E-state index is 12.6. The lowest BCUT2D eigenvalue weighted by Crippen LogP contribution is -2.40. The molecule has 0 aliphatic rings. The minimum atomic E-state index is -1.02. The number of allylic oxidation sites excluding steroid dienone is 3. The van der Waals surface area contributed by atoms with Crippen molar-refractivity contribution in [3.8, 4) is 0 Å². The second-order valence-corrected chi connectivity index (χ2v) is 13.0. The fourth-order valence-corrected chi connectivity index (χ4v) is 5.57. The predicted octanol–water partition coefficient (Wildman–Crippen LogP) is 10.1. The molecular formula is C39H72N2O5. The van der Waals surface area contributed by atoms with Crippen molar-refractivity contribution in [1.29, 1.82) is 0 Å². The molecule has 2 atom stereocenters. The highest BCUT2D eigenvalue weighted by Crippen LogP contribution is 2.15. The zero-order chi connectivity index (χ0) is 33.9. The molecule has 0 aromatic carbocycles. The first-order valence-electron chi connectivity index (χ1n) is 19.2. The van der Waals surface area contributed by atoms with Crippen LogP contribution in [0.15, 0.2) is 24.3 Å². The van der Waals surface area contributed by atoms with Gasteiger partial charge in [0, 0.05) is 12.8 Å². The van der Waals surface area contributed by atoms with Gasteiger partial charge in [-0.05, 0) is 70.4 Å². The summed E-state index contributed by atoms with van der Waals surface area (Å²) in [5, 5.41) is 11.9. The van der Waals surface area contributed by atoms with Crippen LogP contribution >= 0.6 is 0 Å². The molecule has 0 aliphatic heterocycles. The van der Waals surface area contributed by atoms with Crippen molar-refractivity contribution in [2.45, 2.75) is 199 Å². The van der Waals surface area contributed by atoms with Gasteiger partial charge in [-0.3, -0.25) is 9.59 Å². The number of rotatable bonds is 34. The number of carbonyl (C=O) groups excluding carboxylic acids is 2. The molecule has 0 aromatic rings. The third kappa shape index (κ3) is 30.5. The number of hydrogen-bond acceptors (Lipinski definition) is 5. The molecule has 0 fully saturated rings. The van der Waals surface area contributed by atoms with E-state index in [-0.39, 0.29) is 18.0 Å². The molecule has 0 heterocycles. The Kier molecular flexibility index (Phi) is 32.6. The lowest BCUT2D eigenvalue weighted by Gasteiger charge is -2.15. The van der Waals surface area contributed by atoms with Crippen LogP contribution in [0.2, 0.25) is 0 Å². The number of carbonyl (C=O) groups is 3. The van der Waals surface area contributed by atoms with E-state index in [1.165, 1.54) is 89.9 Å². The Morgan fingerprint density at radius 2 is 1.20 bits per heavy atom. The average Bonchev–Trinajstić information content (AvgIpc) is 3.04. The minimum Gasteiger partial charge on any atom is -0.480 e. The number of carboxylic acids is 1. The molecule has 4 N–H and O–H groups in total. The lowest BCUT2D eigenvalue weighted by atomic mass is 10.0. The fourth-order valence-electron chi connectivity index (χ4n) is 5.57. The Balaban J connectivity index is 4.34. The smallest absolute Gasteiger partial charge is 0.326 e. The van der Waals surface area contributed by atoms with Crippen LogP contribution in [0.3, 0.4) is 0 Å². The van der Waals surface area contributed by atoms with E-state index in [0.29, 0.717) is 38.6 Å². The van der Waals surface area contributed by atoms with Crippen LogP contribution in [0.25, 0.3) is 0 Å². The van der Waals surface area contributed by atoms with Crippen molar-refractivity contribution in [2.75, 3.05) is 6.54 Å². The highest BCUT2D eigenvalue weighted by Gasteiger charge is 2.19. The summed E-state index contributed by atoms with van der Waals surface area (Å²) in [6.45, 7) is 4.88. The number of carboxylic acid groups (broad SMARTS) is 1. The van der Waals surface area contributed by atoms with Crippen molar-refractivity contribution >= 4 is 17.8 Å². The normalized spacial score (nSPS) is 12.9. The van der Waals surface area contributed by atoms with E-state index in [4.69, 9.17) is 10.5 Å². The Labute approximate surface area is 283 Å². The summed E-state index contributed by atoms with van der Waals surface area (Å²) in [4.78, 5) is 36.2. The third-order valence-corrected chi connectivity index (χ3v) is 8.50. The van der Waals surface area contributed by atoms with E-state index in [1.807, 2.05) is 6.08 Å². The van der Waals surface area contributed by atoms with Crippen LogP contribution in [0.5, 0.6) is 0 Å². The Morgan fingerprint density at radius 1 is 0.652 bits per heavy atom. The van der Waals surface area contributed by atoms with Crippen LogP contribution in [-0.2, 0) is 19.1 Å². The summed E-state index contributed by atoms with van der Waals surface area (Å²) < 4.78 is 5.88. The number of hydrogen-bond donors (Lipinski definition) is 3. The highest BCUT2D eigenvalue weighted by atomic mass is 16.5. The first kappa shape index (κ1) is 43.9. The lowest BCUT2D eigenvalue weighted by molar-refractivity contribution is -0.147. The zero-order valence-electron chi connectivity index (χ0n) is 29.9. The van der Waals surface area contributed by atoms with E-state index in [1.54, 1.807) is 0 Å². The van der Waals surface area contributed by atoms with E-state index < -0.39 is 12.0 Å². The zero-order valence-corrected chi connectivity index (χ0v) is 29.9. The maximum absolute atomic E-state index is 12.6. The number of amides is 1. The summed E-state index contributed by atoms with van der Waals surface area (Å²) in [6.07, 6.45) is 36.6. The van der Waals surface area contributed by atoms with Gasteiger partial charge >= 0.3 is 11.9 Å². The summed E-state index contributed by atoms with van der Waals surface area (Å²) in [5.41, 5.74) is 5.47. The predicted molar refractivity (Wildman–Crippen MR) is 193 cm³/mol. The van der Waals surface area contributed by atoms with Crippen molar-refractivity contribution in [3.05, 3.63) is 24.3 Å². The second-order valence-electron chi connectivity index (χ2n) is 13.0. The molecular weight excluding hydrogens is 576 g/mol. The summed E-state index contributed by atoms with van der Waals surface area (Å²) in [7, 11) is 0. The number of nitrogens with two attached hydrogens (primary N) is 1. The fraction of sp³-hybridized carbons (Fsp3) is 0.821. The number of esters is 1. The monoisotopic (exact) mass is 649 g/mol. The van der Waals surface area contributed by atoms with Crippen molar-refractivity contribution < 1.29 is 24.2 Å². The molecule has 0 aromatic heterocycles. The molecule has 0 aliphatic carbocycles. The first-order chi connectivity index (χ1) is 22.4. The molecule has 2 unspecified atom stereocenters. The second kappa shape index (κ2) is 34.2. The average molecular weight is 649 g/mol. The van der Waals surface area contributed by atoms with E-state index in [2.05, 4.69) is 37.4 Å². The standard InChI is InChI=1S/C39H72N2O5/c1-3-5-7-9-11-13-14-15-16-17-19-21-27-33-38(43)46-35(29-24-20-18-12-10-8-6-4-2)30-25-22-23-26-32-37(42)41-36(39(44)45)31-28-34-40/h12,18,24,29,35-36H,3-11,13-17,19-23,25-28,30-34,40H2,1-2H3,(H,41,42)(H,44,45)/b18-12-,29-24-. The number of nitrogens with one attached hydrogen (secondary N) is 1. The first-order valence-corrected chi connectivity index (χ1v) is 19.2. The Bertz CT molecular complexity index is 782. The SMILES string of the molecule is CCCCC/C=C\C/C=C\C(CCCCCCC(=O)NC(CCCN)C(=O)O)OC(=O)CCCCCCCCCCCCCCC. The molecule has 0 spiro atoms. The van der Waals surface area contributed by atoms with Gasteiger partial charge < -0.3 is 20.9 Å². The van der Waals surface area contributed by atoms with Crippen LogP contribution in [0, 0.1) is 0 Å². The van der Waals surface area contributed by atoms with Crippen LogP contribution in [0.4, 0.5) is 0 Å². The van der Waals surface area contributed by atoms with Gasteiger partial charge in [-0.25, -0.2) is 4.79 Å². The van der Waals surface area contributed by atoms with Gasteiger partial charge in [0.25, 0.3) is 0 Å². The van der Waals surface area contributed by atoms with Gasteiger partial charge in [0.2, 0.25) is 5.91 Å². The highest BCUT2D eigenvalue weighted by molar-refractivity contribution is 5.83. The largest absolute Gasteiger partial charge is 0.480 e. The van der Waals surface area contributed by atoms with Crippen molar-refractivity contribution in [2.24, 2.45) is 5.73 Å². The molecule has 0 saturated carbocycles. The molecule has 0 rings (SSSR count). The van der Waals surface area contributed by atoms with Crippen molar-refractivity contribution in [1.82, 2.24) is 5.32 Å². The molecule has 7 heteroatoms. The van der Waals surface area contributed by atoms with Gasteiger partial charge in [-0.1, -0.05) is 135 Å². The Morgan fingerprint density at radius 3 is 1.78 bits per heavy atom. The van der Waals surface area contributed by atoms with E-state index in [0.717, 1.165) is 51.4 Å². The minimum absolute atomic E-state index is 0.105. The van der Waals surface area contributed by atoms with Gasteiger partial charge in [0.05, 0.1) is 0 Å². The quantitative estimate of drug-likeness (QED) is 0.0363. The van der Waals surface area contributed by atoms with Gasteiger partial charge in [-0.2, -0.15) is 0 Å². The molecule has 0 bridgehead atoms. The molecule has 0 radical (unpaired) electrons. The van der Waals surface area contributed by atoms with Crippen LogP contribution < -0.4 is 11.1 Å². The van der Waals surface area contributed by atoms with E-state index in [9.17, 15) is 19.5 Å². The number of aliphatic carboxylic acids is 1. The summed E-state index contributed by atoms with van der Waals surface area (Å²) in [5.74, 6) is -1.35. The van der Waals surface area contributed by atoms with Gasteiger partial charge in [0.1, 0.15) is 12.1 Å². The van der Waals surface area contributed by atoms with E-state index >= 15 is 0 Å². The van der Waals surface area contributed by atoms with Crippen molar-refractivity contribution in [3.63, 3.8) is 0 Å². The number of unbranched alkanes of at least 4 members (excludes halogenated alkanes) is 18. The van der Waals surface area contributed by atoms with Crippen LogP contribution in [-0.4, -0.2) is 41.6 Å². The molecule has 46 heavy (non-hydrogen) atoms. The number of ether oxygens (including phenoxy) is 1. The summed E-state index contributed by atoms with van der Waals surface area (Å²) >= 11 is 0. The van der Waals surface area contributed by atoms with Gasteiger partial charge in [-0.15, -0.1) is 0 Å². The molecule has 268 valence electrons. The van der Waals surface area contributed by atoms with Crippen LogP contribution in [0.1, 0.15) is 187 Å².